The highest BCUT2D eigenvalue weighted by Crippen LogP contribution is 2.26. The van der Waals surface area contributed by atoms with Gasteiger partial charge in [-0.1, -0.05) is 19.4 Å². The van der Waals surface area contributed by atoms with Gasteiger partial charge in [0.15, 0.2) is 0 Å². The minimum atomic E-state index is -1.24. The summed E-state index contributed by atoms with van der Waals surface area (Å²) in [4.78, 5) is 11.5. The Hall–Kier alpha value is -2.70. The van der Waals surface area contributed by atoms with Crippen molar-refractivity contribution in [3.8, 4) is 17.4 Å². The lowest BCUT2D eigenvalue weighted by molar-refractivity contribution is -0.154. The van der Waals surface area contributed by atoms with E-state index in [1.165, 1.54) is 0 Å². The summed E-state index contributed by atoms with van der Waals surface area (Å²) < 4.78 is 17.0. The van der Waals surface area contributed by atoms with E-state index in [4.69, 9.17) is 14.2 Å². The van der Waals surface area contributed by atoms with Crippen LogP contribution in [0, 0.1) is 0 Å². The molecular formula is C21H30N2O5. The van der Waals surface area contributed by atoms with Crippen LogP contribution in [-0.4, -0.2) is 40.1 Å². The standard InChI is InChI=1S/C21H30N2O5/c1-4-12-21(3,20(24)25)28-18-11-8-10-17(14-18)27-13-7-6-9-16-15-22-23-19(16)26-5-2/h8,10-11,14-15H,4-7,9,12-13H2,1-3H3,(H,22,23)(H,24,25). The number of nitrogens with zero attached hydrogens (tertiary/aromatic N) is 1. The second kappa shape index (κ2) is 10.6. The van der Waals surface area contributed by atoms with E-state index < -0.39 is 11.6 Å². The van der Waals surface area contributed by atoms with Gasteiger partial charge in [-0.15, -0.1) is 0 Å². The number of aromatic amines is 1. The van der Waals surface area contributed by atoms with E-state index >= 15 is 0 Å². The van der Waals surface area contributed by atoms with E-state index in [0.29, 0.717) is 31.1 Å². The van der Waals surface area contributed by atoms with Gasteiger partial charge in [0.05, 0.1) is 19.4 Å². The summed E-state index contributed by atoms with van der Waals surface area (Å²) in [5.74, 6) is 0.934. The van der Waals surface area contributed by atoms with Crippen LogP contribution in [0.2, 0.25) is 0 Å². The molecule has 154 valence electrons. The summed E-state index contributed by atoms with van der Waals surface area (Å²) in [6.07, 6.45) is 5.65. The number of rotatable bonds is 13. The Kier molecular flexibility index (Phi) is 8.17. The average molecular weight is 390 g/mol. The summed E-state index contributed by atoms with van der Waals surface area (Å²) >= 11 is 0. The highest BCUT2D eigenvalue weighted by molar-refractivity contribution is 5.77. The first-order valence-corrected chi connectivity index (χ1v) is 9.78. The Bertz CT molecular complexity index is 746. The van der Waals surface area contributed by atoms with Crippen LogP contribution in [-0.2, 0) is 11.2 Å². The van der Waals surface area contributed by atoms with E-state index in [2.05, 4.69) is 10.2 Å². The first kappa shape index (κ1) is 21.6. The Morgan fingerprint density at radius 3 is 2.71 bits per heavy atom. The zero-order valence-corrected chi connectivity index (χ0v) is 16.9. The number of aryl methyl sites for hydroxylation is 1. The summed E-state index contributed by atoms with van der Waals surface area (Å²) in [7, 11) is 0. The van der Waals surface area contributed by atoms with Crippen LogP contribution in [0.4, 0.5) is 0 Å². The zero-order chi connectivity index (χ0) is 20.4. The first-order valence-electron chi connectivity index (χ1n) is 9.78. The number of benzene rings is 1. The molecule has 0 aliphatic rings. The molecule has 1 aromatic heterocycles. The van der Waals surface area contributed by atoms with Crippen molar-refractivity contribution in [3.63, 3.8) is 0 Å². The molecule has 2 rings (SSSR count). The molecule has 28 heavy (non-hydrogen) atoms. The maximum Gasteiger partial charge on any atom is 0.347 e. The van der Waals surface area contributed by atoms with Crippen molar-refractivity contribution < 1.29 is 24.1 Å². The van der Waals surface area contributed by atoms with E-state index in [-0.39, 0.29) is 0 Å². The third-order valence-electron chi connectivity index (χ3n) is 4.40. The van der Waals surface area contributed by atoms with Crippen molar-refractivity contribution in [1.82, 2.24) is 10.2 Å². The van der Waals surface area contributed by atoms with E-state index in [1.807, 2.05) is 19.9 Å². The summed E-state index contributed by atoms with van der Waals surface area (Å²) in [6.45, 7) is 6.65. The van der Waals surface area contributed by atoms with Gasteiger partial charge in [-0.3, -0.25) is 0 Å². The van der Waals surface area contributed by atoms with Crippen LogP contribution in [0.15, 0.2) is 30.5 Å². The predicted molar refractivity (Wildman–Crippen MR) is 106 cm³/mol. The summed E-state index contributed by atoms with van der Waals surface area (Å²) in [5, 5.41) is 16.3. The van der Waals surface area contributed by atoms with Crippen LogP contribution in [0.1, 0.15) is 52.0 Å². The number of carbonyl (C=O) groups is 1. The van der Waals surface area contributed by atoms with Gasteiger partial charge in [0.1, 0.15) is 11.5 Å². The van der Waals surface area contributed by atoms with Gasteiger partial charge in [-0.25, -0.2) is 9.89 Å². The quantitative estimate of drug-likeness (QED) is 0.497. The van der Waals surface area contributed by atoms with Gasteiger partial charge in [-0.05, 0) is 51.7 Å². The molecule has 0 bridgehead atoms. The van der Waals surface area contributed by atoms with Crippen LogP contribution < -0.4 is 14.2 Å². The van der Waals surface area contributed by atoms with Crippen molar-refractivity contribution in [2.75, 3.05) is 13.2 Å². The molecule has 1 unspecified atom stereocenters. The molecule has 1 atom stereocenters. The van der Waals surface area contributed by atoms with Gasteiger partial charge < -0.3 is 19.3 Å². The maximum atomic E-state index is 11.5. The number of carboxylic acid groups (broad SMARTS) is 1. The van der Waals surface area contributed by atoms with Gasteiger partial charge in [0.25, 0.3) is 0 Å². The fourth-order valence-electron chi connectivity index (χ4n) is 2.92. The molecule has 2 aromatic rings. The Balaban J connectivity index is 1.81. The topological polar surface area (TPSA) is 93.7 Å². The number of aromatic nitrogens is 2. The number of unbranched alkanes of at least 4 members (excludes halogenated alkanes) is 1. The third-order valence-corrected chi connectivity index (χ3v) is 4.40. The monoisotopic (exact) mass is 390 g/mol. The maximum absolute atomic E-state index is 11.5. The molecule has 2 N–H and O–H groups in total. The van der Waals surface area contributed by atoms with Crippen LogP contribution >= 0.6 is 0 Å². The van der Waals surface area contributed by atoms with Crippen LogP contribution in [0.3, 0.4) is 0 Å². The van der Waals surface area contributed by atoms with Crippen molar-refractivity contribution in [1.29, 1.82) is 0 Å². The van der Waals surface area contributed by atoms with Crippen molar-refractivity contribution >= 4 is 5.97 Å². The number of carboxylic acids is 1. The van der Waals surface area contributed by atoms with Crippen LogP contribution in [0.25, 0.3) is 0 Å². The normalized spacial score (nSPS) is 13.0. The highest BCUT2D eigenvalue weighted by atomic mass is 16.5. The largest absolute Gasteiger partial charge is 0.493 e. The Labute approximate surface area is 166 Å². The minimum Gasteiger partial charge on any atom is -0.493 e. The molecule has 0 radical (unpaired) electrons. The van der Waals surface area contributed by atoms with E-state index in [0.717, 1.165) is 37.1 Å². The molecule has 0 aliphatic carbocycles. The molecular weight excluding hydrogens is 360 g/mol. The fraction of sp³-hybridized carbons (Fsp3) is 0.524. The van der Waals surface area contributed by atoms with Crippen molar-refractivity contribution in [2.24, 2.45) is 0 Å². The number of aliphatic carboxylic acids is 1. The van der Waals surface area contributed by atoms with Crippen molar-refractivity contribution in [2.45, 2.75) is 58.5 Å². The third kappa shape index (κ3) is 6.18. The lowest BCUT2D eigenvalue weighted by Gasteiger charge is -2.26. The molecule has 0 spiro atoms. The second-order valence-electron chi connectivity index (χ2n) is 6.83. The highest BCUT2D eigenvalue weighted by Gasteiger charge is 2.34. The smallest absolute Gasteiger partial charge is 0.347 e. The predicted octanol–water partition coefficient (Wildman–Crippen LogP) is 4.23. The molecule has 1 aromatic carbocycles. The number of H-pyrrole nitrogens is 1. The molecule has 0 saturated heterocycles. The van der Waals surface area contributed by atoms with Crippen molar-refractivity contribution in [3.05, 3.63) is 36.0 Å². The molecule has 0 aliphatic heterocycles. The fourth-order valence-corrected chi connectivity index (χ4v) is 2.92. The second-order valence-corrected chi connectivity index (χ2v) is 6.83. The van der Waals surface area contributed by atoms with Gasteiger partial charge in [0, 0.05) is 11.6 Å². The molecule has 0 amide bonds. The lowest BCUT2D eigenvalue weighted by atomic mass is 10.0. The number of ether oxygens (including phenoxy) is 3. The molecule has 7 heteroatoms. The van der Waals surface area contributed by atoms with Crippen LogP contribution in [0.5, 0.6) is 17.4 Å². The number of hydrogen-bond acceptors (Lipinski definition) is 5. The minimum absolute atomic E-state index is 0.436. The Morgan fingerprint density at radius 2 is 2.00 bits per heavy atom. The molecule has 0 saturated carbocycles. The van der Waals surface area contributed by atoms with Gasteiger partial charge in [-0.2, -0.15) is 5.10 Å². The van der Waals surface area contributed by atoms with E-state index in [9.17, 15) is 9.90 Å². The molecule has 7 nitrogen and oxygen atoms in total. The lowest BCUT2D eigenvalue weighted by Crippen LogP contribution is -2.41. The molecule has 0 fully saturated rings. The van der Waals surface area contributed by atoms with Gasteiger partial charge >= 0.3 is 5.97 Å². The summed E-state index contributed by atoms with van der Waals surface area (Å²) in [6, 6.07) is 7.13. The number of hydrogen-bond donors (Lipinski definition) is 2. The first-order chi connectivity index (χ1) is 13.5. The number of nitrogens with one attached hydrogen (secondary N) is 1. The van der Waals surface area contributed by atoms with E-state index in [1.54, 1.807) is 31.3 Å². The SMILES string of the molecule is CCCC(C)(Oc1cccc(OCCCCc2cn[nH]c2OCC)c1)C(=O)O. The summed E-state index contributed by atoms with van der Waals surface area (Å²) in [5.41, 5.74) is -0.169. The molecule has 1 heterocycles. The zero-order valence-electron chi connectivity index (χ0n) is 16.9. The average Bonchev–Trinajstić information content (AvgIpc) is 3.09. The van der Waals surface area contributed by atoms with Gasteiger partial charge in [0.2, 0.25) is 11.5 Å². The Morgan fingerprint density at radius 1 is 1.21 bits per heavy atom.